The normalized spacial score (nSPS) is 10.1. The zero-order valence-electron chi connectivity index (χ0n) is 9.02. The largest absolute Gasteiger partial charge is 0.872 e. The van der Waals surface area contributed by atoms with Crippen LogP contribution in [0.4, 0.5) is 17.6 Å². The molecule has 0 amide bonds. The van der Waals surface area contributed by atoms with Gasteiger partial charge in [-0.15, -0.1) is 0 Å². The van der Waals surface area contributed by atoms with Gasteiger partial charge in [-0.3, -0.25) is 0 Å². The van der Waals surface area contributed by atoms with Gasteiger partial charge in [0.15, 0.2) is 17.2 Å². The van der Waals surface area contributed by atoms with E-state index in [1.54, 1.807) is 7.05 Å². The topological polar surface area (TPSA) is 80.9 Å². The summed E-state index contributed by atoms with van der Waals surface area (Å²) in [6, 6.07) is 0.308. The summed E-state index contributed by atoms with van der Waals surface area (Å²) in [4.78, 5) is 10.7. The van der Waals surface area contributed by atoms with Crippen LogP contribution in [0.3, 0.4) is 0 Å². The maximum Gasteiger partial charge on any atom is 0.335 e. The first-order valence-electron chi connectivity index (χ1n) is 4.61. The Morgan fingerprint density at radius 1 is 1.06 bits per heavy atom. The quantitative estimate of drug-likeness (QED) is 0.321. The Morgan fingerprint density at radius 2 is 1.56 bits per heavy atom. The fourth-order valence-electron chi connectivity index (χ4n) is 1.24. The van der Waals surface area contributed by atoms with E-state index in [9.17, 15) is 27.5 Å². The Bertz CT molecular complexity index is 654. The molecule has 0 aliphatic carbocycles. The lowest BCUT2D eigenvalue weighted by Crippen LogP contribution is -2.40. The summed E-state index contributed by atoms with van der Waals surface area (Å²) in [5, 5.41) is 9.95. The van der Waals surface area contributed by atoms with E-state index in [0.717, 1.165) is 0 Å². The molecule has 98 valence electrons. The second-order valence-electron chi connectivity index (χ2n) is 2.89. The van der Waals surface area contributed by atoms with E-state index < -0.39 is 45.6 Å². The Balaban J connectivity index is 0.000000771. The Morgan fingerprint density at radius 3 is 2.11 bits per heavy atom. The molecular weight excluding hydrogens is 258 g/mol. The third kappa shape index (κ3) is 2.02. The highest BCUT2D eigenvalue weighted by atomic mass is 19.2. The molecule has 0 unspecified atom stereocenters. The van der Waals surface area contributed by atoms with Crippen LogP contribution < -0.4 is 16.5 Å². The van der Waals surface area contributed by atoms with Crippen LogP contribution in [0.2, 0.25) is 0 Å². The van der Waals surface area contributed by atoms with Gasteiger partial charge in [0.05, 0.1) is 12.4 Å². The second-order valence-corrected chi connectivity index (χ2v) is 2.89. The van der Waals surface area contributed by atoms with Gasteiger partial charge in [-0.2, -0.15) is 4.39 Å². The van der Waals surface area contributed by atoms with Gasteiger partial charge in [-0.05, 0) is 0 Å². The van der Waals surface area contributed by atoms with Gasteiger partial charge in [-0.25, -0.2) is 18.0 Å². The minimum absolute atomic E-state index is 0.308. The molecule has 0 spiro atoms. The molecular formula is C10H7F4NO3. The number of hydrogen-bond donors (Lipinski definition) is 1. The average molecular weight is 265 g/mol. The number of fused-ring (bicyclic) bond motifs is 1. The second kappa shape index (κ2) is 5.05. The summed E-state index contributed by atoms with van der Waals surface area (Å²) >= 11 is 0. The van der Waals surface area contributed by atoms with E-state index in [0.29, 0.717) is 6.07 Å². The molecule has 1 aromatic heterocycles. The SMILES string of the molecule is C[NH3+].O=c1cc([O-])c2c(F)c(F)c(F)c(F)c2o1. The van der Waals surface area contributed by atoms with E-state index in [2.05, 4.69) is 10.2 Å². The van der Waals surface area contributed by atoms with Crippen LogP contribution in [0.5, 0.6) is 5.75 Å². The number of benzene rings is 1. The van der Waals surface area contributed by atoms with Gasteiger partial charge >= 0.3 is 5.63 Å². The van der Waals surface area contributed by atoms with Crippen molar-refractivity contribution in [1.29, 1.82) is 0 Å². The number of rotatable bonds is 0. The van der Waals surface area contributed by atoms with Crippen molar-refractivity contribution in [3.05, 3.63) is 39.8 Å². The molecule has 18 heavy (non-hydrogen) atoms. The predicted octanol–water partition coefficient (Wildman–Crippen LogP) is 0.281. The molecule has 0 aliphatic rings. The van der Waals surface area contributed by atoms with Crippen molar-refractivity contribution in [3.8, 4) is 5.75 Å². The van der Waals surface area contributed by atoms with Gasteiger partial charge in [-0.1, -0.05) is 5.75 Å². The lowest BCUT2D eigenvalue weighted by molar-refractivity contribution is -0.325. The molecule has 3 N–H and O–H groups in total. The van der Waals surface area contributed by atoms with Gasteiger partial charge in [0.2, 0.25) is 11.6 Å². The van der Waals surface area contributed by atoms with Crippen LogP contribution in [0.1, 0.15) is 0 Å². The molecule has 2 rings (SSSR count). The van der Waals surface area contributed by atoms with E-state index in [-0.39, 0.29) is 0 Å². The fourth-order valence-corrected chi connectivity index (χ4v) is 1.24. The maximum atomic E-state index is 13.1. The first kappa shape index (κ1) is 14.0. The third-order valence-corrected chi connectivity index (χ3v) is 1.92. The molecule has 0 aliphatic heterocycles. The van der Waals surface area contributed by atoms with Crippen molar-refractivity contribution in [1.82, 2.24) is 0 Å². The predicted molar refractivity (Wildman–Crippen MR) is 50.6 cm³/mol. The zero-order chi connectivity index (χ0) is 14.0. The van der Waals surface area contributed by atoms with Crippen LogP contribution in [-0.4, -0.2) is 7.05 Å². The van der Waals surface area contributed by atoms with E-state index in [1.165, 1.54) is 0 Å². The van der Waals surface area contributed by atoms with E-state index in [4.69, 9.17) is 0 Å². The first-order chi connectivity index (χ1) is 8.43. The lowest BCUT2D eigenvalue weighted by Gasteiger charge is -2.10. The van der Waals surface area contributed by atoms with Crippen molar-refractivity contribution >= 4 is 11.0 Å². The minimum atomic E-state index is -2.14. The highest BCUT2D eigenvalue weighted by molar-refractivity contribution is 5.83. The van der Waals surface area contributed by atoms with Crippen LogP contribution in [0.25, 0.3) is 11.0 Å². The summed E-state index contributed by atoms with van der Waals surface area (Å²) in [5.74, 6) is -9.34. The van der Waals surface area contributed by atoms with Crippen LogP contribution in [0.15, 0.2) is 15.3 Å². The van der Waals surface area contributed by atoms with Crippen molar-refractivity contribution in [2.45, 2.75) is 0 Å². The van der Waals surface area contributed by atoms with E-state index >= 15 is 0 Å². The monoisotopic (exact) mass is 265 g/mol. The molecule has 2 aromatic rings. The first-order valence-corrected chi connectivity index (χ1v) is 4.61. The van der Waals surface area contributed by atoms with Crippen molar-refractivity contribution in [3.63, 3.8) is 0 Å². The van der Waals surface area contributed by atoms with Gasteiger partial charge in [0.25, 0.3) is 0 Å². The summed E-state index contributed by atoms with van der Waals surface area (Å²) in [7, 11) is 1.75. The highest BCUT2D eigenvalue weighted by Gasteiger charge is 2.22. The van der Waals surface area contributed by atoms with E-state index in [1.807, 2.05) is 0 Å². The van der Waals surface area contributed by atoms with Gasteiger partial charge in [0, 0.05) is 6.07 Å². The maximum absolute atomic E-state index is 13.1. The lowest BCUT2D eigenvalue weighted by atomic mass is 10.2. The zero-order valence-corrected chi connectivity index (χ0v) is 9.02. The number of halogens is 4. The molecule has 0 radical (unpaired) electrons. The van der Waals surface area contributed by atoms with Crippen LogP contribution in [-0.2, 0) is 0 Å². The molecule has 8 heteroatoms. The molecule has 0 saturated carbocycles. The third-order valence-electron chi connectivity index (χ3n) is 1.92. The molecule has 0 fully saturated rings. The van der Waals surface area contributed by atoms with Crippen molar-refractivity contribution in [2.75, 3.05) is 7.05 Å². The summed E-state index contributed by atoms with van der Waals surface area (Å²) in [6.07, 6.45) is 0. The number of quaternary nitrogens is 1. The Kier molecular flexibility index (Phi) is 3.92. The smallest absolute Gasteiger partial charge is 0.335 e. The van der Waals surface area contributed by atoms with Gasteiger partial charge in [0.1, 0.15) is 0 Å². The minimum Gasteiger partial charge on any atom is -0.872 e. The average Bonchev–Trinajstić information content (AvgIpc) is 2.35. The van der Waals surface area contributed by atoms with Crippen LogP contribution in [0, 0.1) is 23.3 Å². The molecule has 0 saturated heterocycles. The van der Waals surface area contributed by atoms with Crippen molar-refractivity contribution in [2.24, 2.45) is 0 Å². The summed E-state index contributed by atoms with van der Waals surface area (Å²) in [6.45, 7) is 0. The molecule has 0 bridgehead atoms. The molecule has 1 heterocycles. The highest BCUT2D eigenvalue weighted by Crippen LogP contribution is 2.29. The molecule has 1 aromatic carbocycles. The Labute approximate surface area is 97.2 Å². The number of hydrogen-bond acceptors (Lipinski definition) is 3. The summed E-state index contributed by atoms with van der Waals surface area (Å²) in [5.41, 5.74) is 0.746. The van der Waals surface area contributed by atoms with Gasteiger partial charge < -0.3 is 15.3 Å². The standard InChI is InChI=1S/C9H2F4O3.CH5N/c10-5-4-2(14)1-3(15)16-9(4)8(13)7(12)6(5)11;1-2/h1,14H;2H2,1H3. The Hall–Kier alpha value is -2.09. The van der Waals surface area contributed by atoms with Crippen LogP contribution >= 0.6 is 0 Å². The summed E-state index contributed by atoms with van der Waals surface area (Å²) < 4.78 is 55.7. The fraction of sp³-hybridized carbons (Fsp3) is 0.100. The molecule has 4 nitrogen and oxygen atoms in total. The van der Waals surface area contributed by atoms with Crippen molar-refractivity contribution < 1.29 is 32.8 Å². The molecule has 0 atom stereocenters.